The molecule has 0 fully saturated rings. The fourth-order valence-corrected chi connectivity index (χ4v) is 5.03. The number of nitrogens with zero attached hydrogens (tertiary/aromatic N) is 9. The van der Waals surface area contributed by atoms with Gasteiger partial charge in [0.1, 0.15) is 23.3 Å². The van der Waals surface area contributed by atoms with Crippen molar-refractivity contribution in [2.24, 2.45) is 0 Å². The minimum absolute atomic E-state index is 0.106. The van der Waals surface area contributed by atoms with Crippen LogP contribution in [0.5, 0.6) is 0 Å². The average Bonchev–Trinajstić information content (AvgIpc) is 3.11. The van der Waals surface area contributed by atoms with Gasteiger partial charge in [0.2, 0.25) is 0 Å². The van der Waals surface area contributed by atoms with Gasteiger partial charge in [-0.05, 0) is 6.07 Å². The molecule has 0 saturated carbocycles. The quantitative estimate of drug-likeness (QED) is 0.153. The largest absolute Gasteiger partial charge is 0.217 e. The Morgan fingerprint density at radius 2 is 0.583 bits per heavy atom. The van der Waals surface area contributed by atoms with E-state index in [1.807, 2.05) is 78.9 Å². The van der Waals surface area contributed by atoms with Crippen LogP contribution in [0.4, 0.5) is 0 Å². The second-order valence-corrected chi connectivity index (χ2v) is 13.2. The standard InChI is InChI=1S/C39H41N9/c1-22(2)31-40-32(23(3)4)45-38(44-31)29-15-12-16-30(21-29)39-46-34(25(7)8)43-37(48-39)28-19-17-27(18-20-28)36-42-33(24(5)6)41-35(47-36)26-13-10-9-11-14-26/h9-25H,1-8H3. The number of hydrogen-bond donors (Lipinski definition) is 0. The van der Waals surface area contributed by atoms with E-state index in [4.69, 9.17) is 44.9 Å². The second kappa shape index (κ2) is 13.8. The molecule has 0 spiro atoms. The van der Waals surface area contributed by atoms with Gasteiger partial charge in [-0.2, -0.15) is 0 Å². The minimum Gasteiger partial charge on any atom is -0.217 e. The topological polar surface area (TPSA) is 116 Å². The fraction of sp³-hybridized carbons (Fsp3) is 0.308. The van der Waals surface area contributed by atoms with Crippen LogP contribution in [0.3, 0.4) is 0 Å². The van der Waals surface area contributed by atoms with E-state index in [1.165, 1.54) is 0 Å². The van der Waals surface area contributed by atoms with E-state index in [0.29, 0.717) is 29.1 Å². The van der Waals surface area contributed by atoms with Crippen molar-refractivity contribution >= 4 is 0 Å². The Hall–Kier alpha value is -5.31. The Labute approximate surface area is 282 Å². The Balaban J connectivity index is 1.38. The molecule has 6 aromatic rings. The predicted molar refractivity (Wildman–Crippen MR) is 190 cm³/mol. The third-order valence-electron chi connectivity index (χ3n) is 7.85. The Bertz CT molecular complexity index is 2010. The molecule has 0 N–H and O–H groups in total. The summed E-state index contributed by atoms with van der Waals surface area (Å²) in [6.45, 7) is 16.8. The van der Waals surface area contributed by atoms with Crippen molar-refractivity contribution in [2.45, 2.75) is 79.1 Å². The van der Waals surface area contributed by atoms with Gasteiger partial charge in [0.25, 0.3) is 0 Å². The van der Waals surface area contributed by atoms with E-state index in [1.54, 1.807) is 0 Å². The zero-order valence-corrected chi connectivity index (χ0v) is 28.8. The van der Waals surface area contributed by atoms with Crippen LogP contribution in [-0.2, 0) is 0 Å². The third kappa shape index (κ3) is 7.15. The lowest BCUT2D eigenvalue weighted by Gasteiger charge is -2.13. The molecule has 0 aliphatic rings. The van der Waals surface area contributed by atoms with Gasteiger partial charge in [0, 0.05) is 51.5 Å². The van der Waals surface area contributed by atoms with Crippen LogP contribution in [0.2, 0.25) is 0 Å². The molecule has 6 rings (SSSR count). The molecule has 0 bridgehead atoms. The number of hydrogen-bond acceptors (Lipinski definition) is 9. The fourth-order valence-electron chi connectivity index (χ4n) is 5.03. The average molecular weight is 636 g/mol. The first-order valence-electron chi connectivity index (χ1n) is 16.6. The molecule has 9 nitrogen and oxygen atoms in total. The summed E-state index contributed by atoms with van der Waals surface area (Å²) in [4.78, 5) is 43.4. The van der Waals surface area contributed by atoms with Gasteiger partial charge in [-0.1, -0.05) is 128 Å². The minimum atomic E-state index is 0.106. The first-order chi connectivity index (χ1) is 23.0. The maximum Gasteiger partial charge on any atom is 0.163 e. The lowest BCUT2D eigenvalue weighted by atomic mass is 10.1. The maximum absolute atomic E-state index is 4.96. The normalized spacial score (nSPS) is 11.7. The summed E-state index contributed by atoms with van der Waals surface area (Å²) >= 11 is 0. The highest BCUT2D eigenvalue weighted by Crippen LogP contribution is 2.29. The van der Waals surface area contributed by atoms with Crippen LogP contribution in [-0.4, -0.2) is 44.9 Å². The van der Waals surface area contributed by atoms with Crippen LogP contribution in [0, 0.1) is 0 Å². The van der Waals surface area contributed by atoms with Gasteiger partial charge in [-0.3, -0.25) is 0 Å². The second-order valence-electron chi connectivity index (χ2n) is 13.2. The molecule has 3 heterocycles. The molecule has 0 radical (unpaired) electrons. The summed E-state index contributed by atoms with van der Waals surface area (Å²) in [5.74, 6) is 6.85. The third-order valence-corrected chi connectivity index (χ3v) is 7.85. The summed E-state index contributed by atoms with van der Waals surface area (Å²) in [6, 6.07) is 26.1. The van der Waals surface area contributed by atoms with E-state index in [-0.39, 0.29) is 23.7 Å². The molecule has 0 amide bonds. The molecule has 48 heavy (non-hydrogen) atoms. The zero-order chi connectivity index (χ0) is 33.9. The summed E-state index contributed by atoms with van der Waals surface area (Å²) in [5, 5.41) is 0. The molecule has 0 aliphatic heterocycles. The Morgan fingerprint density at radius 3 is 0.958 bits per heavy atom. The van der Waals surface area contributed by atoms with Crippen LogP contribution in [0.1, 0.15) is 102 Å². The van der Waals surface area contributed by atoms with E-state index in [2.05, 4.69) is 55.4 Å². The monoisotopic (exact) mass is 635 g/mol. The lowest BCUT2D eigenvalue weighted by molar-refractivity contribution is 0.697. The van der Waals surface area contributed by atoms with Gasteiger partial charge < -0.3 is 0 Å². The molecule has 0 aliphatic carbocycles. The van der Waals surface area contributed by atoms with Crippen molar-refractivity contribution in [1.29, 1.82) is 0 Å². The van der Waals surface area contributed by atoms with Gasteiger partial charge >= 0.3 is 0 Å². The van der Waals surface area contributed by atoms with Crippen LogP contribution in [0.15, 0.2) is 78.9 Å². The number of rotatable bonds is 9. The van der Waals surface area contributed by atoms with Crippen molar-refractivity contribution in [1.82, 2.24) is 44.9 Å². The number of benzene rings is 3. The highest BCUT2D eigenvalue weighted by molar-refractivity contribution is 5.69. The maximum atomic E-state index is 4.96. The molecule has 3 aromatic carbocycles. The first-order valence-corrected chi connectivity index (χ1v) is 16.6. The summed E-state index contributed by atoms with van der Waals surface area (Å²) in [7, 11) is 0. The molecular weight excluding hydrogens is 594 g/mol. The van der Waals surface area contributed by atoms with Crippen molar-refractivity contribution in [3.8, 4) is 56.9 Å². The van der Waals surface area contributed by atoms with E-state index >= 15 is 0 Å². The van der Waals surface area contributed by atoms with Gasteiger partial charge in [-0.25, -0.2) is 44.9 Å². The van der Waals surface area contributed by atoms with E-state index in [9.17, 15) is 0 Å². The Morgan fingerprint density at radius 1 is 0.292 bits per heavy atom. The van der Waals surface area contributed by atoms with Crippen molar-refractivity contribution in [3.63, 3.8) is 0 Å². The van der Waals surface area contributed by atoms with E-state index in [0.717, 1.165) is 51.1 Å². The molecule has 9 heteroatoms. The molecule has 0 atom stereocenters. The summed E-state index contributed by atoms with van der Waals surface area (Å²) < 4.78 is 0. The molecule has 0 unspecified atom stereocenters. The molecule has 0 saturated heterocycles. The molecule has 3 aromatic heterocycles. The van der Waals surface area contributed by atoms with Gasteiger partial charge in [-0.15, -0.1) is 0 Å². The number of aromatic nitrogens is 9. The van der Waals surface area contributed by atoms with Gasteiger partial charge in [0.05, 0.1) is 0 Å². The van der Waals surface area contributed by atoms with Crippen LogP contribution < -0.4 is 0 Å². The summed E-state index contributed by atoms with van der Waals surface area (Å²) in [5.41, 5.74) is 4.49. The lowest BCUT2D eigenvalue weighted by Crippen LogP contribution is -2.08. The van der Waals surface area contributed by atoms with Crippen molar-refractivity contribution in [2.75, 3.05) is 0 Å². The SMILES string of the molecule is CC(C)c1nc(-c2ccccc2)nc(-c2ccc(-c3nc(-c4cccc(-c5nc(C(C)C)nc(C(C)C)n5)c4)nc(C(C)C)n3)cc2)n1. The zero-order valence-electron chi connectivity index (χ0n) is 28.8. The molecular formula is C39H41N9. The predicted octanol–water partition coefficient (Wildman–Crippen LogP) is 9.07. The van der Waals surface area contributed by atoms with E-state index < -0.39 is 0 Å². The summed E-state index contributed by atoms with van der Waals surface area (Å²) in [6.07, 6.45) is 0. The highest BCUT2D eigenvalue weighted by Gasteiger charge is 2.18. The smallest absolute Gasteiger partial charge is 0.163 e. The van der Waals surface area contributed by atoms with Crippen molar-refractivity contribution in [3.05, 3.63) is 102 Å². The van der Waals surface area contributed by atoms with Crippen molar-refractivity contribution < 1.29 is 0 Å². The van der Waals surface area contributed by atoms with Crippen LogP contribution >= 0.6 is 0 Å². The first kappa shape index (κ1) is 32.6. The highest BCUT2D eigenvalue weighted by atomic mass is 15.1. The Kier molecular flexibility index (Phi) is 9.39. The molecule has 242 valence electrons. The van der Waals surface area contributed by atoms with Gasteiger partial charge in [0.15, 0.2) is 29.1 Å². The van der Waals surface area contributed by atoms with Crippen LogP contribution in [0.25, 0.3) is 56.9 Å².